The minimum Gasteiger partial charge on any atom is -0.481 e. The summed E-state index contributed by atoms with van der Waals surface area (Å²) in [5.41, 5.74) is 2.34. The lowest BCUT2D eigenvalue weighted by atomic mass is 10.1. The summed E-state index contributed by atoms with van der Waals surface area (Å²) in [5.74, 6) is -0.916. The first-order valence-electron chi connectivity index (χ1n) is 7.50. The van der Waals surface area contributed by atoms with Crippen molar-refractivity contribution in [1.82, 2.24) is 0 Å². The standard InChI is InChI=1S/C18H15N3O4/c1-21-14-8-4-3-7-13(14)17(18(21)24)20-19-10-12-6-2-5-9-15(12)25-11-16(22)23/h2-10H,11H2,1H3,(H,22,23)/b19-10-,20-17+. The van der Waals surface area contributed by atoms with Gasteiger partial charge < -0.3 is 14.7 Å². The molecule has 0 radical (unpaired) electrons. The van der Waals surface area contributed by atoms with Crippen molar-refractivity contribution in [2.24, 2.45) is 10.2 Å². The van der Waals surface area contributed by atoms with Crippen molar-refractivity contribution < 1.29 is 19.4 Å². The van der Waals surface area contributed by atoms with Crippen molar-refractivity contribution in [1.29, 1.82) is 0 Å². The molecule has 1 aliphatic heterocycles. The molecule has 2 aromatic carbocycles. The highest BCUT2D eigenvalue weighted by molar-refractivity contribution is 6.54. The van der Waals surface area contributed by atoms with Gasteiger partial charge in [0.15, 0.2) is 12.3 Å². The van der Waals surface area contributed by atoms with Crippen LogP contribution in [0, 0.1) is 0 Å². The Morgan fingerprint density at radius 1 is 1.20 bits per heavy atom. The van der Waals surface area contributed by atoms with Gasteiger partial charge in [0.1, 0.15) is 5.75 Å². The molecule has 2 aromatic rings. The van der Waals surface area contributed by atoms with Crippen LogP contribution in [0.5, 0.6) is 5.75 Å². The molecule has 0 saturated carbocycles. The van der Waals surface area contributed by atoms with Crippen LogP contribution in [0.4, 0.5) is 5.69 Å². The Morgan fingerprint density at radius 3 is 2.72 bits per heavy atom. The van der Waals surface area contributed by atoms with E-state index in [2.05, 4.69) is 10.2 Å². The van der Waals surface area contributed by atoms with E-state index in [-0.39, 0.29) is 11.6 Å². The van der Waals surface area contributed by atoms with Gasteiger partial charge in [-0.05, 0) is 18.2 Å². The molecular weight excluding hydrogens is 322 g/mol. The number of aliphatic carboxylic acids is 1. The Balaban J connectivity index is 1.85. The van der Waals surface area contributed by atoms with Crippen LogP contribution in [-0.2, 0) is 9.59 Å². The minimum atomic E-state index is -1.07. The average Bonchev–Trinajstić information content (AvgIpc) is 2.86. The molecule has 0 aliphatic carbocycles. The zero-order valence-corrected chi connectivity index (χ0v) is 13.4. The van der Waals surface area contributed by atoms with Crippen molar-refractivity contribution in [2.45, 2.75) is 0 Å². The van der Waals surface area contributed by atoms with Gasteiger partial charge in [0.25, 0.3) is 5.91 Å². The summed E-state index contributed by atoms with van der Waals surface area (Å²) in [4.78, 5) is 24.4. The molecule has 0 aromatic heterocycles. The minimum absolute atomic E-state index is 0.228. The third-order valence-corrected chi connectivity index (χ3v) is 3.65. The molecule has 1 aliphatic rings. The van der Waals surface area contributed by atoms with Crippen LogP contribution >= 0.6 is 0 Å². The third kappa shape index (κ3) is 3.40. The van der Waals surface area contributed by atoms with Crippen LogP contribution in [-0.4, -0.2) is 42.6 Å². The predicted octanol–water partition coefficient (Wildman–Crippen LogP) is 1.95. The van der Waals surface area contributed by atoms with Gasteiger partial charge in [-0.1, -0.05) is 30.3 Å². The van der Waals surface area contributed by atoms with Crippen LogP contribution in [0.2, 0.25) is 0 Å². The molecule has 1 heterocycles. The molecule has 126 valence electrons. The maximum absolute atomic E-state index is 12.3. The number of carboxylic acid groups (broad SMARTS) is 1. The van der Waals surface area contributed by atoms with Gasteiger partial charge in [0.05, 0.1) is 11.9 Å². The van der Waals surface area contributed by atoms with E-state index in [4.69, 9.17) is 9.84 Å². The average molecular weight is 337 g/mol. The Hall–Kier alpha value is -3.48. The summed E-state index contributed by atoms with van der Waals surface area (Å²) in [6.07, 6.45) is 1.43. The van der Waals surface area contributed by atoms with Gasteiger partial charge >= 0.3 is 5.97 Å². The zero-order chi connectivity index (χ0) is 17.8. The van der Waals surface area contributed by atoms with E-state index in [0.717, 1.165) is 11.3 Å². The molecule has 3 rings (SSSR count). The van der Waals surface area contributed by atoms with Crippen LogP contribution in [0.15, 0.2) is 58.7 Å². The van der Waals surface area contributed by atoms with Crippen molar-refractivity contribution in [3.8, 4) is 5.75 Å². The first-order valence-corrected chi connectivity index (χ1v) is 7.50. The van der Waals surface area contributed by atoms with Crippen LogP contribution in [0.25, 0.3) is 0 Å². The lowest BCUT2D eigenvalue weighted by Gasteiger charge is -2.07. The van der Waals surface area contributed by atoms with E-state index >= 15 is 0 Å². The largest absolute Gasteiger partial charge is 0.481 e. The number of ether oxygens (including phenoxy) is 1. The van der Waals surface area contributed by atoms with Gasteiger partial charge in [-0.3, -0.25) is 4.79 Å². The molecular formula is C18H15N3O4. The number of benzene rings is 2. The van der Waals surface area contributed by atoms with E-state index < -0.39 is 12.6 Å². The predicted molar refractivity (Wildman–Crippen MR) is 93.6 cm³/mol. The van der Waals surface area contributed by atoms with Crippen molar-refractivity contribution in [3.05, 3.63) is 59.7 Å². The van der Waals surface area contributed by atoms with E-state index in [9.17, 15) is 9.59 Å². The summed E-state index contributed by atoms with van der Waals surface area (Å²) in [5, 5.41) is 16.7. The number of carboxylic acids is 1. The van der Waals surface area contributed by atoms with Gasteiger partial charge in [0, 0.05) is 18.2 Å². The number of anilines is 1. The summed E-state index contributed by atoms with van der Waals surface area (Å²) >= 11 is 0. The van der Waals surface area contributed by atoms with Gasteiger partial charge in [-0.25, -0.2) is 4.79 Å². The van der Waals surface area contributed by atoms with Gasteiger partial charge in [-0.15, -0.1) is 5.10 Å². The summed E-state index contributed by atoms with van der Waals surface area (Å²) in [7, 11) is 1.68. The fraction of sp³-hybridized carbons (Fsp3) is 0.111. The number of nitrogens with zero attached hydrogens (tertiary/aromatic N) is 3. The van der Waals surface area contributed by atoms with Crippen molar-refractivity contribution >= 4 is 29.5 Å². The summed E-state index contributed by atoms with van der Waals surface area (Å²) in [6.45, 7) is -0.448. The molecule has 25 heavy (non-hydrogen) atoms. The first kappa shape index (κ1) is 16.4. The molecule has 0 fully saturated rings. The van der Waals surface area contributed by atoms with Crippen molar-refractivity contribution in [3.63, 3.8) is 0 Å². The molecule has 0 saturated heterocycles. The first-order chi connectivity index (χ1) is 12.1. The van der Waals surface area contributed by atoms with E-state index in [1.165, 1.54) is 11.1 Å². The molecule has 1 N–H and O–H groups in total. The Morgan fingerprint density at radius 2 is 1.92 bits per heavy atom. The number of hydrogen-bond acceptors (Lipinski definition) is 5. The normalized spacial score (nSPS) is 15.0. The van der Waals surface area contributed by atoms with Crippen LogP contribution in [0.3, 0.4) is 0 Å². The third-order valence-electron chi connectivity index (χ3n) is 3.65. The van der Waals surface area contributed by atoms with E-state index in [1.54, 1.807) is 31.3 Å². The van der Waals surface area contributed by atoms with Crippen LogP contribution < -0.4 is 9.64 Å². The number of carbonyl (C=O) groups excluding carboxylic acids is 1. The van der Waals surface area contributed by atoms with Gasteiger partial charge in [0.2, 0.25) is 0 Å². The Kier molecular flexibility index (Phi) is 4.56. The smallest absolute Gasteiger partial charge is 0.341 e. The SMILES string of the molecule is CN1C(=O)/C(=N/N=C\c2ccccc2OCC(=O)O)c2ccccc21. The lowest BCUT2D eigenvalue weighted by Crippen LogP contribution is -2.25. The Bertz CT molecular complexity index is 889. The maximum atomic E-state index is 12.3. The molecule has 7 heteroatoms. The van der Waals surface area contributed by atoms with Crippen LogP contribution in [0.1, 0.15) is 11.1 Å². The topological polar surface area (TPSA) is 91.6 Å². The summed E-state index contributed by atoms with van der Waals surface area (Å²) < 4.78 is 5.20. The zero-order valence-electron chi connectivity index (χ0n) is 13.4. The highest BCUT2D eigenvalue weighted by atomic mass is 16.5. The number of amides is 1. The second kappa shape index (κ2) is 6.96. The summed E-state index contributed by atoms with van der Waals surface area (Å²) in [6, 6.07) is 14.2. The highest BCUT2D eigenvalue weighted by Gasteiger charge is 2.30. The molecule has 7 nitrogen and oxygen atoms in total. The second-order valence-electron chi connectivity index (χ2n) is 5.29. The number of hydrogen-bond donors (Lipinski definition) is 1. The monoisotopic (exact) mass is 337 g/mol. The fourth-order valence-corrected chi connectivity index (χ4v) is 2.45. The molecule has 1 amide bonds. The van der Waals surface area contributed by atoms with E-state index in [0.29, 0.717) is 11.3 Å². The molecule has 0 unspecified atom stereocenters. The molecule has 0 spiro atoms. The number of fused-ring (bicyclic) bond motifs is 1. The quantitative estimate of drug-likeness (QED) is 0.667. The van der Waals surface area contributed by atoms with Crippen molar-refractivity contribution in [2.75, 3.05) is 18.6 Å². The maximum Gasteiger partial charge on any atom is 0.341 e. The number of likely N-dealkylation sites (N-methyl/N-ethyl adjacent to an activating group) is 1. The Labute approximate surface area is 143 Å². The van der Waals surface area contributed by atoms with Gasteiger partial charge in [-0.2, -0.15) is 5.10 Å². The van der Waals surface area contributed by atoms with E-state index in [1.807, 2.05) is 24.3 Å². The number of carbonyl (C=O) groups is 2. The lowest BCUT2D eigenvalue weighted by molar-refractivity contribution is -0.139. The highest BCUT2D eigenvalue weighted by Crippen LogP contribution is 2.27. The number of rotatable bonds is 5. The fourth-order valence-electron chi connectivity index (χ4n) is 2.45. The number of para-hydroxylation sites is 2. The second-order valence-corrected chi connectivity index (χ2v) is 5.29. The molecule has 0 bridgehead atoms. The molecule has 0 atom stereocenters.